The highest BCUT2D eigenvalue weighted by molar-refractivity contribution is 5.85. The van der Waals surface area contributed by atoms with Gasteiger partial charge in [-0.15, -0.1) is 0 Å². The maximum absolute atomic E-state index is 4.58. The molecule has 0 unspecified atom stereocenters. The zero-order chi connectivity index (χ0) is 10.3. The van der Waals surface area contributed by atoms with E-state index in [1.165, 1.54) is 22.1 Å². The van der Waals surface area contributed by atoms with E-state index in [-0.39, 0.29) is 0 Å². The number of fused-ring (bicyclic) bond motifs is 1. The number of aromatic nitrogens is 1. The topological polar surface area (TPSA) is 12.9 Å². The molecule has 1 heterocycles. The van der Waals surface area contributed by atoms with Crippen LogP contribution in [0.1, 0.15) is 22.4 Å². The van der Waals surface area contributed by atoms with Crippen molar-refractivity contribution in [3.05, 3.63) is 40.6 Å². The van der Waals surface area contributed by atoms with E-state index in [1.54, 1.807) is 0 Å². The summed E-state index contributed by atoms with van der Waals surface area (Å²) in [6, 6.07) is 6.54. The molecule has 0 bridgehead atoms. The molecule has 0 saturated carbocycles. The number of nitrogens with zero attached hydrogens (tertiary/aromatic N) is 1. The SMILES string of the molecule is Cc1cc(C)c2nc(C)cc(C)c2c1. The highest BCUT2D eigenvalue weighted by atomic mass is 14.7. The first-order valence-electron chi connectivity index (χ1n) is 4.93. The number of benzene rings is 1. The van der Waals surface area contributed by atoms with Crippen molar-refractivity contribution in [2.24, 2.45) is 0 Å². The predicted octanol–water partition coefficient (Wildman–Crippen LogP) is 3.47. The largest absolute Gasteiger partial charge is 0.253 e. The Labute approximate surface area is 84.8 Å². The minimum Gasteiger partial charge on any atom is -0.253 e. The van der Waals surface area contributed by atoms with E-state index in [4.69, 9.17) is 0 Å². The third-order valence-corrected chi connectivity index (χ3v) is 2.58. The van der Waals surface area contributed by atoms with E-state index in [0.29, 0.717) is 0 Å². The molecule has 2 aromatic rings. The summed E-state index contributed by atoms with van der Waals surface area (Å²) in [5.41, 5.74) is 6.14. The van der Waals surface area contributed by atoms with Crippen molar-refractivity contribution in [1.82, 2.24) is 4.98 Å². The number of pyridine rings is 1. The van der Waals surface area contributed by atoms with Gasteiger partial charge < -0.3 is 0 Å². The van der Waals surface area contributed by atoms with Crippen molar-refractivity contribution in [1.29, 1.82) is 0 Å². The van der Waals surface area contributed by atoms with E-state index < -0.39 is 0 Å². The van der Waals surface area contributed by atoms with Gasteiger partial charge in [-0.2, -0.15) is 0 Å². The van der Waals surface area contributed by atoms with Gasteiger partial charge in [0.05, 0.1) is 5.52 Å². The molecule has 0 fully saturated rings. The van der Waals surface area contributed by atoms with Crippen LogP contribution in [0, 0.1) is 27.7 Å². The maximum Gasteiger partial charge on any atom is 0.0737 e. The molecular formula is C13H15N. The van der Waals surface area contributed by atoms with Gasteiger partial charge in [0.1, 0.15) is 0 Å². The number of hydrogen-bond acceptors (Lipinski definition) is 1. The van der Waals surface area contributed by atoms with Crippen molar-refractivity contribution in [3.63, 3.8) is 0 Å². The molecule has 0 spiro atoms. The van der Waals surface area contributed by atoms with Gasteiger partial charge in [-0.3, -0.25) is 4.98 Å². The summed E-state index contributed by atoms with van der Waals surface area (Å²) in [7, 11) is 0. The van der Waals surface area contributed by atoms with E-state index in [1.807, 2.05) is 6.92 Å². The molecule has 72 valence electrons. The van der Waals surface area contributed by atoms with Gasteiger partial charge >= 0.3 is 0 Å². The molecule has 1 aromatic heterocycles. The van der Waals surface area contributed by atoms with Crippen LogP contribution in [0.2, 0.25) is 0 Å². The summed E-state index contributed by atoms with van der Waals surface area (Å²) >= 11 is 0. The minimum absolute atomic E-state index is 1.10. The van der Waals surface area contributed by atoms with E-state index >= 15 is 0 Å². The number of aryl methyl sites for hydroxylation is 4. The Balaban J connectivity index is 2.94. The van der Waals surface area contributed by atoms with E-state index in [0.717, 1.165) is 11.2 Å². The lowest BCUT2D eigenvalue weighted by Gasteiger charge is -2.07. The molecule has 0 amide bonds. The molecule has 1 heteroatoms. The number of hydrogen-bond donors (Lipinski definition) is 0. The second-order valence-corrected chi connectivity index (χ2v) is 4.06. The first-order valence-corrected chi connectivity index (χ1v) is 4.93. The summed E-state index contributed by atoms with van der Waals surface area (Å²) in [6.07, 6.45) is 0. The fourth-order valence-corrected chi connectivity index (χ4v) is 2.01. The molecule has 0 aliphatic rings. The van der Waals surface area contributed by atoms with E-state index in [9.17, 15) is 0 Å². The Morgan fingerprint density at radius 1 is 0.857 bits per heavy atom. The molecular weight excluding hydrogens is 170 g/mol. The summed E-state index contributed by atoms with van der Waals surface area (Å²) < 4.78 is 0. The average molecular weight is 185 g/mol. The van der Waals surface area contributed by atoms with Gasteiger partial charge in [0.2, 0.25) is 0 Å². The quantitative estimate of drug-likeness (QED) is 0.612. The van der Waals surface area contributed by atoms with Crippen LogP contribution in [-0.2, 0) is 0 Å². The summed E-state index contributed by atoms with van der Waals surface area (Å²) in [5, 5.41) is 1.29. The fourth-order valence-electron chi connectivity index (χ4n) is 2.01. The number of rotatable bonds is 0. The third-order valence-electron chi connectivity index (χ3n) is 2.58. The predicted molar refractivity (Wildman–Crippen MR) is 60.7 cm³/mol. The Morgan fingerprint density at radius 3 is 2.29 bits per heavy atom. The lowest BCUT2D eigenvalue weighted by Crippen LogP contribution is -1.91. The van der Waals surface area contributed by atoms with Gasteiger partial charge in [-0.25, -0.2) is 0 Å². The molecule has 2 rings (SSSR count). The first-order chi connectivity index (χ1) is 6.58. The van der Waals surface area contributed by atoms with Crippen LogP contribution >= 0.6 is 0 Å². The van der Waals surface area contributed by atoms with Crippen LogP contribution < -0.4 is 0 Å². The molecule has 0 atom stereocenters. The lowest BCUT2D eigenvalue weighted by molar-refractivity contribution is 1.22. The van der Waals surface area contributed by atoms with Crippen LogP contribution in [0.15, 0.2) is 18.2 Å². The van der Waals surface area contributed by atoms with Gasteiger partial charge in [-0.05, 0) is 51.0 Å². The van der Waals surface area contributed by atoms with Crippen LogP contribution in [0.4, 0.5) is 0 Å². The third kappa shape index (κ3) is 1.39. The highest BCUT2D eigenvalue weighted by Gasteiger charge is 2.03. The minimum atomic E-state index is 1.10. The summed E-state index contributed by atoms with van der Waals surface area (Å²) in [6.45, 7) is 8.45. The normalized spacial score (nSPS) is 10.9. The monoisotopic (exact) mass is 185 g/mol. The van der Waals surface area contributed by atoms with Crippen LogP contribution in [-0.4, -0.2) is 4.98 Å². The zero-order valence-corrected chi connectivity index (χ0v) is 9.18. The molecule has 14 heavy (non-hydrogen) atoms. The molecule has 0 aliphatic heterocycles. The maximum atomic E-state index is 4.58. The van der Waals surface area contributed by atoms with Crippen molar-refractivity contribution in [3.8, 4) is 0 Å². The Hall–Kier alpha value is -1.37. The Bertz CT molecular complexity index is 451. The van der Waals surface area contributed by atoms with Crippen molar-refractivity contribution in [2.45, 2.75) is 27.7 Å². The summed E-state index contributed by atoms with van der Waals surface area (Å²) in [4.78, 5) is 4.58. The van der Waals surface area contributed by atoms with Crippen LogP contribution in [0.3, 0.4) is 0 Å². The smallest absolute Gasteiger partial charge is 0.0737 e. The Morgan fingerprint density at radius 2 is 1.57 bits per heavy atom. The van der Waals surface area contributed by atoms with Gasteiger partial charge in [-0.1, -0.05) is 11.6 Å². The second-order valence-electron chi connectivity index (χ2n) is 4.06. The second kappa shape index (κ2) is 3.09. The van der Waals surface area contributed by atoms with Gasteiger partial charge in [0.25, 0.3) is 0 Å². The lowest BCUT2D eigenvalue weighted by atomic mass is 10.0. The molecule has 1 aromatic carbocycles. The van der Waals surface area contributed by atoms with E-state index in [2.05, 4.69) is 44.0 Å². The zero-order valence-electron chi connectivity index (χ0n) is 9.18. The molecule has 0 radical (unpaired) electrons. The standard InChI is InChI=1S/C13H15N/c1-8-5-10(3)13-12(6-8)9(2)7-11(4)14-13/h5-7H,1-4H3. The fraction of sp³-hybridized carbons (Fsp3) is 0.308. The molecule has 1 nitrogen and oxygen atoms in total. The molecule has 0 N–H and O–H groups in total. The van der Waals surface area contributed by atoms with Gasteiger partial charge in [0.15, 0.2) is 0 Å². The molecule has 0 aliphatic carbocycles. The van der Waals surface area contributed by atoms with Crippen molar-refractivity contribution < 1.29 is 0 Å². The van der Waals surface area contributed by atoms with Crippen molar-refractivity contribution in [2.75, 3.05) is 0 Å². The highest BCUT2D eigenvalue weighted by Crippen LogP contribution is 2.22. The van der Waals surface area contributed by atoms with Gasteiger partial charge in [0, 0.05) is 11.1 Å². The Kier molecular flexibility index (Phi) is 2.03. The summed E-state index contributed by atoms with van der Waals surface area (Å²) in [5.74, 6) is 0. The average Bonchev–Trinajstić information content (AvgIpc) is 2.07. The van der Waals surface area contributed by atoms with Crippen LogP contribution in [0.5, 0.6) is 0 Å². The van der Waals surface area contributed by atoms with Crippen LogP contribution in [0.25, 0.3) is 10.9 Å². The van der Waals surface area contributed by atoms with Crippen molar-refractivity contribution >= 4 is 10.9 Å². The first kappa shape index (κ1) is 9.20. The molecule has 0 saturated heterocycles.